The van der Waals surface area contributed by atoms with E-state index in [1.54, 1.807) is 43.5 Å². The second kappa shape index (κ2) is 13.5. The Balaban J connectivity index is 0.000000708. The molecule has 0 bridgehead atoms. The van der Waals surface area contributed by atoms with Gasteiger partial charge < -0.3 is 25.2 Å². The summed E-state index contributed by atoms with van der Waals surface area (Å²) >= 11 is 0. The third-order valence-electron chi connectivity index (χ3n) is 6.02. The minimum absolute atomic E-state index is 0.128. The number of anilines is 2. The maximum absolute atomic E-state index is 12.5. The van der Waals surface area contributed by atoms with Crippen LogP contribution in [0, 0.1) is 13.8 Å². The number of benzene rings is 2. The van der Waals surface area contributed by atoms with E-state index in [0.717, 1.165) is 24.4 Å². The predicted octanol–water partition coefficient (Wildman–Crippen LogP) is 4.79. The van der Waals surface area contributed by atoms with E-state index in [4.69, 9.17) is 14.6 Å². The van der Waals surface area contributed by atoms with Crippen molar-refractivity contribution in [3.05, 3.63) is 70.5 Å². The Hall–Kier alpha value is -4.55. The van der Waals surface area contributed by atoms with Crippen LogP contribution in [0.15, 0.2) is 42.5 Å². The van der Waals surface area contributed by atoms with Gasteiger partial charge in [-0.15, -0.1) is 0 Å². The molecule has 2 aromatic carbocycles. The van der Waals surface area contributed by atoms with Gasteiger partial charge in [0.2, 0.25) is 0 Å². The average molecular weight is 565 g/mol. The van der Waals surface area contributed by atoms with E-state index in [0.29, 0.717) is 29.2 Å². The molecule has 3 rings (SSSR count). The first-order chi connectivity index (χ1) is 18.7. The molecule has 0 saturated heterocycles. The van der Waals surface area contributed by atoms with E-state index in [1.165, 1.54) is 11.6 Å². The summed E-state index contributed by atoms with van der Waals surface area (Å²) in [5, 5.41) is 24.2. The third-order valence-corrected chi connectivity index (χ3v) is 6.02. The number of hydrogen-bond acceptors (Lipinski definition) is 6. The minimum Gasteiger partial charge on any atom is -0.497 e. The van der Waals surface area contributed by atoms with Gasteiger partial charge in [-0.2, -0.15) is 18.3 Å². The highest BCUT2D eigenvalue weighted by atomic mass is 19.4. The molecule has 10 nitrogen and oxygen atoms in total. The van der Waals surface area contributed by atoms with Crippen LogP contribution in [0.1, 0.15) is 44.6 Å². The molecule has 0 aliphatic heterocycles. The SMILES string of the molecule is CCn1nc(C)c(CCN(C)c2ccc(NC(=O)c3ccc(OC)cc3)cc2C(=O)O)c1C.O=C(O)C(F)(F)F. The molecule has 3 aromatic rings. The summed E-state index contributed by atoms with van der Waals surface area (Å²) in [6, 6.07) is 11.6. The molecule has 0 radical (unpaired) electrons. The smallest absolute Gasteiger partial charge is 0.490 e. The fraction of sp³-hybridized carbons (Fsp3) is 0.333. The lowest BCUT2D eigenvalue weighted by molar-refractivity contribution is -0.192. The van der Waals surface area contributed by atoms with Gasteiger partial charge in [0.25, 0.3) is 5.91 Å². The molecule has 0 aliphatic carbocycles. The van der Waals surface area contributed by atoms with Crippen molar-refractivity contribution >= 4 is 29.2 Å². The molecule has 3 N–H and O–H groups in total. The molecule has 216 valence electrons. The molecular weight excluding hydrogens is 533 g/mol. The Morgan fingerprint density at radius 3 is 2.15 bits per heavy atom. The lowest BCUT2D eigenvalue weighted by atomic mass is 10.1. The number of halogens is 3. The van der Waals surface area contributed by atoms with Crippen molar-refractivity contribution in [2.45, 2.75) is 39.9 Å². The van der Waals surface area contributed by atoms with E-state index >= 15 is 0 Å². The molecule has 0 atom stereocenters. The molecule has 40 heavy (non-hydrogen) atoms. The van der Waals surface area contributed by atoms with Gasteiger partial charge in [-0.3, -0.25) is 9.48 Å². The number of aryl methyl sites for hydroxylation is 2. The van der Waals surface area contributed by atoms with Crippen molar-refractivity contribution in [1.82, 2.24) is 9.78 Å². The molecule has 0 unspecified atom stereocenters. The zero-order valence-corrected chi connectivity index (χ0v) is 22.7. The average Bonchev–Trinajstić information content (AvgIpc) is 3.18. The number of aromatic nitrogens is 2. The Morgan fingerprint density at radius 1 is 1.07 bits per heavy atom. The Bertz CT molecular complexity index is 1350. The summed E-state index contributed by atoms with van der Waals surface area (Å²) in [6.45, 7) is 7.56. The number of carbonyl (C=O) groups is 3. The summed E-state index contributed by atoms with van der Waals surface area (Å²) in [6.07, 6.45) is -4.33. The molecule has 0 aliphatic rings. The predicted molar refractivity (Wildman–Crippen MR) is 142 cm³/mol. The van der Waals surface area contributed by atoms with Crippen molar-refractivity contribution in [3.63, 3.8) is 0 Å². The van der Waals surface area contributed by atoms with Gasteiger partial charge in [0.15, 0.2) is 0 Å². The summed E-state index contributed by atoms with van der Waals surface area (Å²) in [7, 11) is 3.42. The van der Waals surface area contributed by atoms with Crippen molar-refractivity contribution < 1.29 is 42.5 Å². The first kappa shape index (κ1) is 31.7. The molecule has 1 aromatic heterocycles. The number of carboxylic acid groups (broad SMARTS) is 2. The molecule has 13 heteroatoms. The lowest BCUT2D eigenvalue weighted by Gasteiger charge is -2.22. The van der Waals surface area contributed by atoms with Crippen molar-refractivity contribution in [3.8, 4) is 5.75 Å². The topological polar surface area (TPSA) is 134 Å². The number of nitrogens with one attached hydrogen (secondary N) is 1. The van der Waals surface area contributed by atoms with Gasteiger partial charge in [0.05, 0.1) is 24.1 Å². The van der Waals surface area contributed by atoms with Gasteiger partial charge in [0, 0.05) is 37.1 Å². The summed E-state index contributed by atoms with van der Waals surface area (Å²) < 4.78 is 38.8. The number of rotatable bonds is 9. The van der Waals surface area contributed by atoms with Crippen LogP contribution in [-0.2, 0) is 17.8 Å². The number of likely N-dealkylation sites (N-methyl/N-ethyl adjacent to an activating group) is 1. The minimum atomic E-state index is -5.08. The van der Waals surface area contributed by atoms with Crippen molar-refractivity contribution in [2.75, 3.05) is 30.9 Å². The Morgan fingerprint density at radius 2 is 1.68 bits per heavy atom. The van der Waals surface area contributed by atoms with Gasteiger partial charge in [0.1, 0.15) is 5.75 Å². The normalized spacial score (nSPS) is 10.8. The van der Waals surface area contributed by atoms with E-state index in [2.05, 4.69) is 24.3 Å². The number of amides is 1. The van der Waals surface area contributed by atoms with Crippen LogP contribution in [0.25, 0.3) is 0 Å². The second-order valence-corrected chi connectivity index (χ2v) is 8.66. The highest BCUT2D eigenvalue weighted by molar-refractivity contribution is 6.05. The summed E-state index contributed by atoms with van der Waals surface area (Å²) in [5.41, 5.74) is 4.90. The molecule has 1 amide bonds. The second-order valence-electron chi connectivity index (χ2n) is 8.66. The number of ether oxygens (including phenoxy) is 1. The first-order valence-electron chi connectivity index (χ1n) is 12.1. The van der Waals surface area contributed by atoms with E-state index in [-0.39, 0.29) is 11.5 Å². The van der Waals surface area contributed by atoms with Crippen LogP contribution < -0.4 is 15.0 Å². The van der Waals surface area contributed by atoms with Crippen LogP contribution >= 0.6 is 0 Å². The molecular formula is C27H31F3N4O6. The largest absolute Gasteiger partial charge is 0.497 e. The van der Waals surface area contributed by atoms with Gasteiger partial charge in [-0.05, 0) is 75.2 Å². The number of aromatic carboxylic acids is 1. The zero-order chi connectivity index (χ0) is 30.2. The quantitative estimate of drug-likeness (QED) is 0.338. The fourth-order valence-corrected chi connectivity index (χ4v) is 3.87. The van der Waals surface area contributed by atoms with Gasteiger partial charge in [-0.1, -0.05) is 0 Å². The standard InChI is InChI=1S/C25H30N4O4.C2HF3O2/c1-6-29-17(3)21(16(2)27-29)13-14-28(4)23-12-9-19(15-22(23)25(31)32)26-24(30)18-7-10-20(33-5)11-8-18;3-2(4,5)1(6)7/h7-12,15H,6,13-14H2,1-5H3,(H,26,30)(H,31,32);(H,6,7). The van der Waals surface area contributed by atoms with Crippen LogP contribution in [0.4, 0.5) is 24.5 Å². The summed E-state index contributed by atoms with van der Waals surface area (Å²) in [4.78, 5) is 35.3. The maximum atomic E-state index is 12.5. The fourth-order valence-electron chi connectivity index (χ4n) is 3.87. The molecule has 0 fully saturated rings. The summed E-state index contributed by atoms with van der Waals surface area (Å²) in [5.74, 6) is -3.48. The van der Waals surface area contributed by atoms with Crippen molar-refractivity contribution in [1.29, 1.82) is 0 Å². The van der Waals surface area contributed by atoms with Gasteiger partial charge >= 0.3 is 18.1 Å². The van der Waals surface area contributed by atoms with E-state index in [1.807, 2.05) is 23.6 Å². The highest BCUT2D eigenvalue weighted by Crippen LogP contribution is 2.25. The maximum Gasteiger partial charge on any atom is 0.490 e. The number of carbonyl (C=O) groups excluding carboxylic acids is 1. The molecule has 0 saturated carbocycles. The Labute approximate surface area is 229 Å². The number of carboxylic acids is 2. The number of alkyl halides is 3. The third kappa shape index (κ3) is 8.22. The molecule has 0 spiro atoms. The number of hydrogen-bond donors (Lipinski definition) is 3. The number of aliphatic carboxylic acids is 1. The van der Waals surface area contributed by atoms with E-state index in [9.17, 15) is 27.9 Å². The highest BCUT2D eigenvalue weighted by Gasteiger charge is 2.38. The first-order valence-corrected chi connectivity index (χ1v) is 12.1. The molecule has 1 heterocycles. The van der Waals surface area contributed by atoms with Crippen LogP contribution in [0.3, 0.4) is 0 Å². The lowest BCUT2D eigenvalue weighted by Crippen LogP contribution is -2.23. The van der Waals surface area contributed by atoms with Crippen LogP contribution in [0.5, 0.6) is 5.75 Å². The Kier molecular flexibility index (Phi) is 10.7. The zero-order valence-electron chi connectivity index (χ0n) is 22.7. The number of methoxy groups -OCH3 is 1. The van der Waals surface area contributed by atoms with Gasteiger partial charge in [-0.25, -0.2) is 9.59 Å². The van der Waals surface area contributed by atoms with Crippen molar-refractivity contribution in [2.24, 2.45) is 0 Å². The van der Waals surface area contributed by atoms with Crippen LogP contribution in [-0.4, -0.2) is 64.7 Å². The monoisotopic (exact) mass is 564 g/mol. The van der Waals surface area contributed by atoms with Crippen LogP contribution in [0.2, 0.25) is 0 Å². The van der Waals surface area contributed by atoms with E-state index < -0.39 is 18.1 Å². The number of nitrogens with zero attached hydrogens (tertiary/aromatic N) is 3.